The molecule has 0 spiro atoms. The van der Waals surface area contributed by atoms with Crippen molar-refractivity contribution < 1.29 is 14.0 Å². The molecular weight excluding hydrogens is 349 g/mol. The Balaban J connectivity index is 1.39. The van der Waals surface area contributed by atoms with Gasteiger partial charge in [-0.15, -0.1) is 0 Å². The first-order valence-corrected chi connectivity index (χ1v) is 9.33. The molecule has 2 amide bonds. The molecule has 1 aromatic heterocycles. The lowest BCUT2D eigenvalue weighted by molar-refractivity contribution is -0.127. The van der Waals surface area contributed by atoms with Crippen LogP contribution in [0.3, 0.4) is 0 Å². The predicted octanol–water partition coefficient (Wildman–Crippen LogP) is 1.46. The summed E-state index contributed by atoms with van der Waals surface area (Å²) in [6, 6.07) is 6.11. The fourth-order valence-electron chi connectivity index (χ4n) is 3.73. The van der Waals surface area contributed by atoms with Gasteiger partial charge in [0.2, 0.25) is 11.8 Å². The molecule has 142 valence electrons. The number of nitrogens with one attached hydrogen (secondary N) is 1. The van der Waals surface area contributed by atoms with E-state index in [9.17, 15) is 14.0 Å². The topological polar surface area (TPSA) is 80.1 Å². The Hall–Kier alpha value is -2.77. The van der Waals surface area contributed by atoms with Crippen LogP contribution in [0.5, 0.6) is 0 Å². The largest absolute Gasteiger partial charge is 0.351 e. The summed E-state index contributed by atoms with van der Waals surface area (Å²) in [6.07, 6.45) is 2.45. The number of fused-ring (bicyclic) bond motifs is 1. The zero-order valence-electron chi connectivity index (χ0n) is 15.2. The van der Waals surface area contributed by atoms with Crippen LogP contribution in [-0.4, -0.2) is 39.2 Å². The van der Waals surface area contributed by atoms with Crippen molar-refractivity contribution in [3.05, 3.63) is 41.7 Å². The molecule has 2 aliphatic rings. The van der Waals surface area contributed by atoms with Crippen LogP contribution in [0.1, 0.15) is 31.4 Å². The molecule has 2 unspecified atom stereocenters. The lowest BCUT2D eigenvalue weighted by Gasteiger charge is -2.25. The number of rotatable bonds is 4. The third kappa shape index (κ3) is 3.43. The van der Waals surface area contributed by atoms with Crippen molar-refractivity contribution in [3.63, 3.8) is 0 Å². The average Bonchev–Trinajstić information content (AvgIpc) is 3.25. The monoisotopic (exact) mass is 371 g/mol. The number of carbonyl (C=O) groups is 2. The third-order valence-electron chi connectivity index (χ3n) is 5.20. The molecule has 2 atom stereocenters. The van der Waals surface area contributed by atoms with Crippen molar-refractivity contribution >= 4 is 17.5 Å². The zero-order chi connectivity index (χ0) is 19.0. The fourth-order valence-corrected chi connectivity index (χ4v) is 3.73. The molecule has 1 aromatic carbocycles. The van der Waals surface area contributed by atoms with Gasteiger partial charge in [0, 0.05) is 31.8 Å². The first kappa shape index (κ1) is 17.6. The van der Waals surface area contributed by atoms with E-state index in [1.807, 2.05) is 11.6 Å². The van der Waals surface area contributed by atoms with Crippen molar-refractivity contribution in [1.82, 2.24) is 20.1 Å². The van der Waals surface area contributed by atoms with E-state index in [-0.39, 0.29) is 36.5 Å². The van der Waals surface area contributed by atoms with Gasteiger partial charge in [-0.3, -0.25) is 9.59 Å². The molecule has 0 aliphatic carbocycles. The van der Waals surface area contributed by atoms with E-state index >= 15 is 0 Å². The second kappa shape index (κ2) is 7.09. The van der Waals surface area contributed by atoms with Crippen LogP contribution in [0.25, 0.3) is 0 Å². The first-order valence-electron chi connectivity index (χ1n) is 9.33. The molecule has 0 bridgehead atoms. The Kier molecular flexibility index (Phi) is 4.63. The molecule has 2 aliphatic heterocycles. The molecule has 1 fully saturated rings. The highest BCUT2D eigenvalue weighted by Gasteiger charge is 2.37. The Bertz CT molecular complexity index is 881. The summed E-state index contributed by atoms with van der Waals surface area (Å²) in [7, 11) is 0. The smallest absolute Gasteiger partial charge is 0.227 e. The van der Waals surface area contributed by atoms with Crippen molar-refractivity contribution in [2.75, 3.05) is 11.4 Å². The maximum Gasteiger partial charge on any atom is 0.227 e. The molecule has 1 saturated heterocycles. The second-order valence-electron chi connectivity index (χ2n) is 7.08. The van der Waals surface area contributed by atoms with Gasteiger partial charge in [0.15, 0.2) is 5.82 Å². The van der Waals surface area contributed by atoms with Crippen molar-refractivity contribution in [1.29, 1.82) is 0 Å². The number of anilines is 1. The van der Waals surface area contributed by atoms with Gasteiger partial charge in [-0.05, 0) is 18.6 Å². The molecule has 27 heavy (non-hydrogen) atoms. The molecule has 1 N–H and O–H groups in total. The summed E-state index contributed by atoms with van der Waals surface area (Å²) in [6.45, 7) is 2.80. The van der Waals surface area contributed by atoms with Gasteiger partial charge in [0.1, 0.15) is 11.6 Å². The van der Waals surface area contributed by atoms with Gasteiger partial charge in [-0.1, -0.05) is 19.1 Å². The van der Waals surface area contributed by atoms with Gasteiger partial charge in [-0.25, -0.2) is 14.1 Å². The minimum atomic E-state index is -0.472. The van der Waals surface area contributed by atoms with E-state index in [4.69, 9.17) is 0 Å². The molecule has 8 heteroatoms. The van der Waals surface area contributed by atoms with Gasteiger partial charge < -0.3 is 10.2 Å². The number of aryl methyl sites for hydroxylation is 2. The molecular formula is C19H22FN5O2. The SMILES string of the molecule is CCc1nc2n(n1)CC(NC(=O)C1CC(=O)N(c3ccccc3F)C1)CC2. The zero-order valence-corrected chi connectivity index (χ0v) is 15.2. The second-order valence-corrected chi connectivity index (χ2v) is 7.08. The maximum atomic E-state index is 14.0. The van der Waals surface area contributed by atoms with Crippen molar-refractivity contribution in [2.45, 2.75) is 45.2 Å². The fraction of sp³-hybridized carbons (Fsp3) is 0.474. The minimum Gasteiger partial charge on any atom is -0.351 e. The van der Waals surface area contributed by atoms with Crippen molar-refractivity contribution in [2.24, 2.45) is 5.92 Å². The highest BCUT2D eigenvalue weighted by molar-refractivity contribution is 6.00. The number of hydrogen-bond acceptors (Lipinski definition) is 4. The van der Waals surface area contributed by atoms with Gasteiger partial charge in [0.25, 0.3) is 0 Å². The van der Waals surface area contributed by atoms with E-state index < -0.39 is 11.7 Å². The Morgan fingerprint density at radius 3 is 2.93 bits per heavy atom. The summed E-state index contributed by atoms with van der Waals surface area (Å²) in [4.78, 5) is 30.8. The number of amides is 2. The number of nitrogens with zero attached hydrogens (tertiary/aromatic N) is 4. The molecule has 3 heterocycles. The van der Waals surface area contributed by atoms with E-state index in [1.54, 1.807) is 18.2 Å². The van der Waals surface area contributed by atoms with E-state index in [1.165, 1.54) is 11.0 Å². The normalized spacial score (nSPS) is 22.0. The van der Waals surface area contributed by atoms with E-state index in [0.29, 0.717) is 6.54 Å². The van der Waals surface area contributed by atoms with Crippen LogP contribution >= 0.6 is 0 Å². The number of para-hydroxylation sites is 1. The first-order chi connectivity index (χ1) is 13.0. The maximum absolute atomic E-state index is 14.0. The summed E-state index contributed by atoms with van der Waals surface area (Å²) in [5, 5.41) is 7.48. The Labute approximate surface area is 156 Å². The van der Waals surface area contributed by atoms with Crippen LogP contribution in [-0.2, 0) is 29.0 Å². The summed E-state index contributed by atoms with van der Waals surface area (Å²) < 4.78 is 15.8. The number of aromatic nitrogens is 3. The van der Waals surface area contributed by atoms with E-state index in [2.05, 4.69) is 15.4 Å². The van der Waals surface area contributed by atoms with Crippen LogP contribution in [0.2, 0.25) is 0 Å². The van der Waals surface area contributed by atoms with Crippen LogP contribution in [0.15, 0.2) is 24.3 Å². The van der Waals surface area contributed by atoms with Crippen LogP contribution < -0.4 is 10.2 Å². The van der Waals surface area contributed by atoms with E-state index in [0.717, 1.165) is 30.9 Å². The Morgan fingerprint density at radius 1 is 1.33 bits per heavy atom. The highest BCUT2D eigenvalue weighted by atomic mass is 19.1. The highest BCUT2D eigenvalue weighted by Crippen LogP contribution is 2.27. The lowest BCUT2D eigenvalue weighted by Crippen LogP contribution is -2.44. The number of hydrogen-bond donors (Lipinski definition) is 1. The molecule has 2 aromatic rings. The molecule has 7 nitrogen and oxygen atoms in total. The van der Waals surface area contributed by atoms with Crippen molar-refractivity contribution in [3.8, 4) is 0 Å². The van der Waals surface area contributed by atoms with Crippen LogP contribution in [0.4, 0.5) is 10.1 Å². The quantitative estimate of drug-likeness (QED) is 0.883. The van der Waals surface area contributed by atoms with Gasteiger partial charge >= 0.3 is 0 Å². The summed E-state index contributed by atoms with van der Waals surface area (Å²) in [5.74, 6) is 0.463. The third-order valence-corrected chi connectivity index (χ3v) is 5.20. The predicted molar refractivity (Wildman–Crippen MR) is 96.5 cm³/mol. The number of benzene rings is 1. The minimum absolute atomic E-state index is 0.0333. The Morgan fingerprint density at radius 2 is 2.15 bits per heavy atom. The summed E-state index contributed by atoms with van der Waals surface area (Å²) >= 11 is 0. The van der Waals surface area contributed by atoms with Crippen LogP contribution in [0, 0.1) is 11.7 Å². The summed E-state index contributed by atoms with van der Waals surface area (Å²) in [5.41, 5.74) is 0.231. The standard InChI is InChI=1S/C19H22FN5O2/c1-2-16-22-17-8-7-13(11-25(17)23-16)21-19(27)12-9-18(26)24(10-12)15-6-4-3-5-14(15)20/h3-6,12-13H,2,7-11H2,1H3,(H,21,27). The number of halogens is 1. The number of carbonyl (C=O) groups excluding carboxylic acids is 2. The van der Waals surface area contributed by atoms with Gasteiger partial charge in [-0.2, -0.15) is 5.10 Å². The molecule has 4 rings (SSSR count). The average molecular weight is 371 g/mol. The molecule has 0 radical (unpaired) electrons. The van der Waals surface area contributed by atoms with Gasteiger partial charge in [0.05, 0.1) is 18.2 Å². The lowest BCUT2D eigenvalue weighted by atomic mass is 10.0. The molecule has 0 saturated carbocycles.